The van der Waals surface area contributed by atoms with E-state index < -0.39 is 35.6 Å². The fourth-order valence-electron chi connectivity index (χ4n) is 20.8. The molecule has 8 aliphatic rings. The fourth-order valence-corrected chi connectivity index (χ4v) is 21.9. The van der Waals surface area contributed by atoms with E-state index in [-0.39, 0.29) is 137 Å². The van der Waals surface area contributed by atoms with E-state index in [1.807, 2.05) is 95.8 Å². The molecule has 4 aromatic heterocycles. The number of rotatable bonds is 20. The van der Waals surface area contributed by atoms with Crippen LogP contribution in [0.1, 0.15) is 137 Å². The van der Waals surface area contributed by atoms with Crippen molar-refractivity contribution in [2.24, 2.45) is 0 Å². The summed E-state index contributed by atoms with van der Waals surface area (Å²) in [7, 11) is 0. The molecular weight excluding hydrogens is 1950 g/mol. The average Bonchev–Trinajstić information content (AvgIpc) is 1.30. The summed E-state index contributed by atoms with van der Waals surface area (Å²) in [6.45, 7) is 17.0. The van der Waals surface area contributed by atoms with Gasteiger partial charge in [-0.15, -0.1) is 5.10 Å². The second-order valence-corrected chi connectivity index (χ2v) is 39.7. The molecule has 8 aromatic carbocycles. The number of hydrogen-bond donors (Lipinski definition) is 8. The minimum atomic E-state index is -4.54. The Labute approximate surface area is 841 Å². The van der Waals surface area contributed by atoms with Gasteiger partial charge in [-0.3, -0.25) is 19.2 Å². The first-order valence-corrected chi connectivity index (χ1v) is 50.1. The summed E-state index contributed by atoms with van der Waals surface area (Å²) in [6.07, 6.45) is 3.22. The van der Waals surface area contributed by atoms with Crippen LogP contribution in [0.25, 0.3) is 44.1 Å². The maximum absolute atomic E-state index is 14.5. The van der Waals surface area contributed by atoms with Crippen LogP contribution in [0, 0.1) is 5.82 Å². The summed E-state index contributed by atoms with van der Waals surface area (Å²) in [5, 5.41) is 63.3. The van der Waals surface area contributed by atoms with E-state index in [1.165, 1.54) is 30.3 Å². The van der Waals surface area contributed by atoms with E-state index in [9.17, 15) is 70.3 Å². The summed E-state index contributed by atoms with van der Waals surface area (Å²) >= 11 is 30.2. The van der Waals surface area contributed by atoms with Crippen LogP contribution < -0.4 is 40.9 Å². The van der Waals surface area contributed by atoms with Crippen LogP contribution in [0.3, 0.4) is 0 Å². The molecule has 12 atom stereocenters. The SMILES string of the molecule is CC(c1ccc(Cl)cc1C(F)(F)F)n1cnc2ccc(N3CCN(C(=O)[C@H]4CCCCN4)[C@H](CO)C3)cc21.CC(c1ccc(Cl)cc1C(F)(F)F)n1cnc2ccc(N3CCN(C(=O)[C@H]4CCCN4)[C@H](CO)C3)cc21.CC(c1ccc(Cl)cc1Cl)n1cnc2ccc(N3CCN(C(=O)[C@H]4CCN4)[C@H](CO)C3)cc21.C[C@H](c1ccc(Cl)cc1F)n1nnc2ccc(N3CCN(C(=O)[C@H]4CCCN4)[C@H](CO)C3)cc21. The molecule has 0 saturated carbocycles. The number of halogens is 12. The molecule has 3 unspecified atom stereocenters. The third kappa shape index (κ3) is 22.2. The Morgan fingerprint density at radius 1 is 0.366 bits per heavy atom. The van der Waals surface area contributed by atoms with Crippen molar-refractivity contribution >= 4 is 149 Å². The van der Waals surface area contributed by atoms with E-state index in [1.54, 1.807) is 68.3 Å². The highest BCUT2D eigenvalue weighted by atomic mass is 35.5. The fraction of sp³-hybridized carbons (Fsp3) is 0.455. The quantitative estimate of drug-likeness (QED) is 0.0329. The minimum absolute atomic E-state index is 0.0235. The van der Waals surface area contributed by atoms with Gasteiger partial charge in [0, 0.05) is 132 Å². The van der Waals surface area contributed by atoms with E-state index >= 15 is 0 Å². The number of benzene rings is 8. The highest BCUT2D eigenvalue weighted by Crippen LogP contribution is 2.43. The summed E-state index contributed by atoms with van der Waals surface area (Å²) in [6, 6.07) is 37.7. The number of imidazole rings is 3. The van der Waals surface area contributed by atoms with Crippen LogP contribution in [0.2, 0.25) is 25.1 Å². The molecule has 8 N–H and O–H groups in total. The van der Waals surface area contributed by atoms with Gasteiger partial charge in [0.2, 0.25) is 23.6 Å². The third-order valence-electron chi connectivity index (χ3n) is 28.9. The van der Waals surface area contributed by atoms with Gasteiger partial charge in [0.05, 0.1) is 168 Å². The standard InChI is InChI=1S/C27H31ClF3N5O2.C26H29ClF3N5O2.C24H27Cl2N5O2.C24H28ClFN6O2/c1-17(21-7-5-18(28)12-22(21)27(29,30)31)36-16-33-23-8-6-19(13-25(23)36)34-10-11-35(20(14-34)15-37)26(38)24-4-2-3-9-32-24;1-16(20-6-4-17(27)11-21(20)26(28,29)30)35-15-32-22-7-5-18(12-24(22)35)33-9-10-34(19(13-33)14-36)25(37)23-3-2-8-31-23;1-15(19-4-2-16(25)10-20(19)26)31-14-28-21-5-3-17(11-23(21)31)29-8-9-30(18(12-29)13-32)24(33)22-6-7-27-22;1-15(19-6-4-16(25)11-20(19)26)32-23-12-17(5-7-21(23)28-29-32)30-9-10-31(18(13-30)14-33)24(34)22-3-2-8-27-22/h5-8,12-13,16-17,20,24,32,37H,2-4,9-11,14-15H2,1H3;4-7,11-12,15-16,19,23,31,36H,2-3,8-10,13-14H2,1H3;2-5,10-11,14-15,18,22,27,32H,6-9,12-13H2,1H3;4-7,11-12,15,18,22,27,33H,2-3,8-10,13-14H2,1H3/t17?,20-,24+;16?,19-,23+;15?,18-,22+;15-,18+,22-/m0001/s1. The number of piperidine rings is 1. The number of nitrogens with zero attached hydrogens (tertiary/aromatic N) is 17. The van der Waals surface area contributed by atoms with Crippen LogP contribution >= 0.6 is 58.0 Å². The van der Waals surface area contributed by atoms with Gasteiger partial charge in [-0.25, -0.2) is 24.0 Å². The Morgan fingerprint density at radius 3 is 1.01 bits per heavy atom. The van der Waals surface area contributed by atoms with Gasteiger partial charge in [0.15, 0.2) is 0 Å². The third-order valence-corrected chi connectivity index (χ3v) is 30.2. The molecule has 29 nitrogen and oxygen atoms in total. The number of alkyl halides is 6. The molecule has 20 rings (SSSR count). The molecule has 0 aliphatic carbocycles. The molecule has 142 heavy (non-hydrogen) atoms. The summed E-state index contributed by atoms with van der Waals surface area (Å²) in [5.41, 5.74) is 9.98. The molecule has 756 valence electrons. The van der Waals surface area contributed by atoms with Crippen molar-refractivity contribution < 1.29 is 70.3 Å². The van der Waals surface area contributed by atoms with Gasteiger partial charge in [0.1, 0.15) is 11.3 Å². The van der Waals surface area contributed by atoms with Crippen molar-refractivity contribution in [3.05, 3.63) is 229 Å². The van der Waals surface area contributed by atoms with Gasteiger partial charge in [0.25, 0.3) is 0 Å². The lowest BCUT2D eigenvalue weighted by molar-refractivity contribution is -0.139. The van der Waals surface area contributed by atoms with E-state index in [0.29, 0.717) is 127 Å². The number of aliphatic hydroxyl groups excluding tert-OH is 4. The lowest BCUT2D eigenvalue weighted by Crippen LogP contribution is -2.63. The first-order valence-electron chi connectivity index (χ1n) is 48.2. The number of aliphatic hydroxyl groups is 4. The highest BCUT2D eigenvalue weighted by Gasteiger charge is 2.43. The van der Waals surface area contributed by atoms with Crippen molar-refractivity contribution in [1.82, 2.24) is 84.5 Å². The van der Waals surface area contributed by atoms with Gasteiger partial charge >= 0.3 is 12.4 Å². The van der Waals surface area contributed by atoms with Crippen molar-refractivity contribution in [1.29, 1.82) is 0 Å². The molecule has 12 aromatic rings. The maximum Gasteiger partial charge on any atom is 0.416 e. The van der Waals surface area contributed by atoms with Crippen molar-refractivity contribution in [2.75, 3.05) is 151 Å². The zero-order chi connectivity index (χ0) is 100. The molecule has 8 fully saturated rings. The molecule has 8 aliphatic heterocycles. The first-order chi connectivity index (χ1) is 68.2. The van der Waals surface area contributed by atoms with Gasteiger partial charge in [-0.1, -0.05) is 93.9 Å². The molecule has 8 saturated heterocycles. The number of carbonyl (C=O) groups excluding carboxylic acids is 4. The molecule has 41 heteroatoms. The van der Waals surface area contributed by atoms with Crippen molar-refractivity contribution in [3.8, 4) is 0 Å². The van der Waals surface area contributed by atoms with Crippen LogP contribution in [0.5, 0.6) is 0 Å². The molecule has 0 radical (unpaired) electrons. The van der Waals surface area contributed by atoms with Gasteiger partial charge < -0.3 is 94.6 Å². The summed E-state index contributed by atoms with van der Waals surface area (Å²) in [5.74, 6) is -0.144. The first kappa shape index (κ1) is 103. The predicted molar refractivity (Wildman–Crippen MR) is 536 cm³/mol. The van der Waals surface area contributed by atoms with Crippen LogP contribution in [-0.4, -0.2) is 287 Å². The zero-order valence-electron chi connectivity index (χ0n) is 78.9. The maximum atomic E-state index is 14.5. The number of hydrogen-bond acceptors (Lipinski definition) is 21. The van der Waals surface area contributed by atoms with Crippen LogP contribution in [0.15, 0.2) is 165 Å². The largest absolute Gasteiger partial charge is 0.416 e. The lowest BCUT2D eigenvalue weighted by atomic mass is 10.0. The predicted octanol–water partition coefficient (Wildman–Crippen LogP) is 14.5. The second-order valence-electron chi connectivity index (χ2n) is 37.5. The molecular formula is C101H115Cl5F7N21O8. The number of amides is 4. The van der Waals surface area contributed by atoms with Crippen LogP contribution in [-0.2, 0) is 31.5 Å². The van der Waals surface area contributed by atoms with Crippen LogP contribution in [0.4, 0.5) is 53.5 Å². The minimum Gasteiger partial charge on any atom is -0.394 e. The van der Waals surface area contributed by atoms with Crippen molar-refractivity contribution in [3.63, 3.8) is 0 Å². The van der Waals surface area contributed by atoms with E-state index in [4.69, 9.17) is 58.0 Å². The Kier molecular flexibility index (Phi) is 32.2. The number of carbonyl (C=O) groups is 4. The number of anilines is 4. The van der Waals surface area contributed by atoms with E-state index in [2.05, 4.69) is 89.8 Å². The van der Waals surface area contributed by atoms with Crippen molar-refractivity contribution in [2.45, 2.75) is 164 Å². The Morgan fingerprint density at radius 2 is 0.683 bits per heavy atom. The number of aromatic nitrogens is 9. The summed E-state index contributed by atoms with van der Waals surface area (Å²) < 4.78 is 104. The second kappa shape index (κ2) is 44.5. The monoisotopic (exact) mass is 2060 g/mol. The lowest BCUT2D eigenvalue weighted by Gasteiger charge is -2.44. The van der Waals surface area contributed by atoms with E-state index in [0.717, 1.165) is 135 Å². The average molecular weight is 2060 g/mol. The molecule has 4 amide bonds. The normalized spacial score (nSPS) is 21.7. The summed E-state index contributed by atoms with van der Waals surface area (Å²) in [4.78, 5) is 80.9. The Balaban J connectivity index is 0.000000130. The zero-order valence-corrected chi connectivity index (χ0v) is 82.7. The van der Waals surface area contributed by atoms with Gasteiger partial charge in [-0.2, -0.15) is 26.3 Å². The molecule has 12 heterocycles. The van der Waals surface area contributed by atoms with Gasteiger partial charge in [-0.05, 0) is 237 Å². The topological polar surface area (TPSA) is 307 Å². The smallest absolute Gasteiger partial charge is 0.394 e. The number of fused-ring (bicyclic) bond motifs is 4. The Bertz CT molecular complexity index is 6510. The Hall–Kier alpha value is -10.7. The highest BCUT2D eigenvalue weighted by molar-refractivity contribution is 6.35. The number of nitrogens with one attached hydrogen (secondary N) is 4. The molecule has 0 bridgehead atoms. The molecule has 0 spiro atoms. The number of piperazine rings is 4.